The van der Waals surface area contributed by atoms with Crippen LogP contribution in [0.3, 0.4) is 0 Å². The number of phenolic OH excluding ortho intramolecular Hbond substituents is 4. The number of nitrogens with zero attached hydrogens (tertiary/aromatic N) is 4. The van der Waals surface area contributed by atoms with Gasteiger partial charge in [-0.3, -0.25) is 20.0 Å². The molecule has 0 spiro atoms. The van der Waals surface area contributed by atoms with E-state index < -0.39 is 0 Å². The molecule has 1 aliphatic heterocycles. The number of phenols is 4. The lowest BCUT2D eigenvalue weighted by Crippen LogP contribution is -1.95. The van der Waals surface area contributed by atoms with Gasteiger partial charge in [0.25, 0.3) is 0 Å². The fraction of sp³-hybridized carbons (Fsp3) is 0. The molecule has 0 atom stereocenters. The Balaban J connectivity index is 1.21. The molecule has 1 aliphatic rings. The molecule has 10 aromatic rings. The Morgan fingerprint density at radius 2 is 0.453 bits per heavy atom. The lowest BCUT2D eigenvalue weighted by molar-refractivity contribution is 0.469. The summed E-state index contributed by atoms with van der Waals surface area (Å²) in [5.41, 5.74) is 5.61. The average molecular weight is 829 g/mol. The molecule has 0 saturated carbocycles. The quantitative estimate of drug-likeness (QED) is 0.121. The molecular weight excluding hydrogens is 793 g/mol. The molecule has 0 amide bonds. The Morgan fingerprint density at radius 3 is 0.688 bits per heavy atom. The van der Waals surface area contributed by atoms with Crippen LogP contribution in [0.25, 0.3) is 65.3 Å². The van der Waals surface area contributed by atoms with E-state index in [1.165, 1.54) is 0 Å². The first-order valence-electron chi connectivity index (χ1n) is 20.7. The molecular formula is C56H36N4O4. The van der Waals surface area contributed by atoms with Crippen molar-refractivity contribution < 1.29 is 20.4 Å². The van der Waals surface area contributed by atoms with Crippen molar-refractivity contribution in [2.45, 2.75) is 0 Å². The van der Waals surface area contributed by atoms with Gasteiger partial charge in [0.1, 0.15) is 23.0 Å². The topological polar surface area (TPSA) is 130 Å². The Bertz CT molecular complexity index is 3200. The highest BCUT2D eigenvalue weighted by atomic mass is 16.3. The van der Waals surface area contributed by atoms with Crippen LogP contribution < -0.4 is 0 Å². The third-order valence-electron chi connectivity index (χ3n) is 11.8. The van der Waals surface area contributed by atoms with Gasteiger partial charge in [0.2, 0.25) is 0 Å². The zero-order valence-electron chi connectivity index (χ0n) is 34.1. The van der Waals surface area contributed by atoms with Gasteiger partial charge in [0.15, 0.2) is 0 Å². The number of fused-ring (bicyclic) bond motifs is 20. The maximum absolute atomic E-state index is 12.3. The fourth-order valence-electron chi connectivity index (χ4n) is 8.76. The molecule has 4 N–H and O–H groups in total. The standard InChI is InChI=1S/C56H36N4O4/c61-53-37-25-33-13-1-5-17-41(33)49(53)50-42-18-6-2-14-34(42)26-38(54(50)62)30-58-47-23-11-12-24-48(47)60-32-40-28-36-16-4-8-20-44(36)52(56(40)64)51-43-19-7-3-15-35(43)27-39(55(51)63)31-59-46-22-10-9-21-45(46)57-29-37/h1-32,61-64H. The predicted molar refractivity (Wildman–Crippen MR) is 262 cm³/mol. The van der Waals surface area contributed by atoms with Crippen LogP contribution in [0.4, 0.5) is 22.7 Å². The largest absolute Gasteiger partial charge is 0.507 e. The zero-order valence-corrected chi connectivity index (χ0v) is 34.1. The van der Waals surface area contributed by atoms with E-state index in [0.29, 0.717) is 67.3 Å². The highest BCUT2D eigenvalue weighted by Crippen LogP contribution is 2.49. The van der Waals surface area contributed by atoms with Crippen molar-refractivity contribution in [3.63, 3.8) is 0 Å². The molecule has 0 saturated heterocycles. The van der Waals surface area contributed by atoms with Crippen LogP contribution >= 0.6 is 0 Å². The number of rotatable bonds is 0. The summed E-state index contributed by atoms with van der Waals surface area (Å²) in [4.78, 5) is 19.5. The number of para-hydroxylation sites is 4. The second-order valence-corrected chi connectivity index (χ2v) is 15.7. The maximum atomic E-state index is 12.3. The van der Waals surface area contributed by atoms with Crippen LogP contribution in [-0.4, -0.2) is 45.3 Å². The minimum atomic E-state index is -0.0558. The lowest BCUT2D eigenvalue weighted by Gasteiger charge is -2.17. The molecule has 8 nitrogen and oxygen atoms in total. The second-order valence-electron chi connectivity index (χ2n) is 15.7. The third kappa shape index (κ3) is 6.49. The first-order chi connectivity index (χ1) is 31.4. The van der Waals surface area contributed by atoms with E-state index in [0.717, 1.165) is 43.1 Å². The molecule has 64 heavy (non-hydrogen) atoms. The van der Waals surface area contributed by atoms with Crippen molar-refractivity contribution in [3.8, 4) is 45.3 Å². The Morgan fingerprint density at radius 1 is 0.250 bits per heavy atom. The first kappa shape index (κ1) is 38.1. The molecule has 0 unspecified atom stereocenters. The number of aliphatic imine (C=N–C) groups is 4. The average Bonchev–Trinajstić information content (AvgIpc) is 3.32. The smallest absolute Gasteiger partial charge is 0.132 e. The van der Waals surface area contributed by atoms with E-state index in [9.17, 15) is 20.4 Å². The summed E-state index contributed by atoms with van der Waals surface area (Å²) in [6.45, 7) is 0. The Labute approximate surface area is 367 Å². The molecule has 10 aromatic carbocycles. The van der Waals surface area contributed by atoms with Gasteiger partial charge < -0.3 is 20.4 Å². The lowest BCUT2D eigenvalue weighted by atomic mass is 9.89. The van der Waals surface area contributed by atoms with Crippen molar-refractivity contribution in [3.05, 3.63) is 192 Å². The summed E-state index contributed by atoms with van der Waals surface area (Å²) in [6, 6.07) is 53.2. The van der Waals surface area contributed by atoms with Gasteiger partial charge in [-0.1, -0.05) is 121 Å². The zero-order chi connectivity index (χ0) is 43.3. The van der Waals surface area contributed by atoms with E-state index in [1.54, 1.807) is 24.9 Å². The minimum absolute atomic E-state index is 0.0558. The molecule has 0 fully saturated rings. The van der Waals surface area contributed by atoms with Gasteiger partial charge in [0, 0.05) is 69.4 Å². The van der Waals surface area contributed by atoms with E-state index in [2.05, 4.69) is 0 Å². The number of aromatic hydroxyl groups is 4. The van der Waals surface area contributed by atoms with Crippen molar-refractivity contribution in [1.29, 1.82) is 0 Å². The molecule has 1 heterocycles. The summed E-state index contributed by atoms with van der Waals surface area (Å²) in [6.07, 6.45) is 6.42. The van der Waals surface area contributed by atoms with Gasteiger partial charge in [0.05, 0.1) is 22.7 Å². The van der Waals surface area contributed by atoms with Gasteiger partial charge in [-0.05, 0) is 91.6 Å². The van der Waals surface area contributed by atoms with Crippen molar-refractivity contribution >= 4 is 90.7 Å². The number of hydrogen-bond acceptors (Lipinski definition) is 8. The van der Waals surface area contributed by atoms with Crippen LogP contribution in [0.1, 0.15) is 22.3 Å². The first-order valence-corrected chi connectivity index (χ1v) is 20.7. The predicted octanol–water partition coefficient (Wildman–Crippen LogP) is 13.8. The molecule has 0 radical (unpaired) electrons. The second kappa shape index (κ2) is 15.5. The summed E-state index contributed by atoms with van der Waals surface area (Å²) in [5.74, 6) is -0.223. The van der Waals surface area contributed by atoms with Gasteiger partial charge >= 0.3 is 0 Å². The van der Waals surface area contributed by atoms with Crippen molar-refractivity contribution in [2.24, 2.45) is 20.0 Å². The van der Waals surface area contributed by atoms with Crippen LogP contribution in [-0.2, 0) is 0 Å². The fourth-order valence-corrected chi connectivity index (χ4v) is 8.76. The summed E-state index contributed by atoms with van der Waals surface area (Å²) >= 11 is 0. The van der Waals surface area contributed by atoms with Crippen molar-refractivity contribution in [2.75, 3.05) is 0 Å². The monoisotopic (exact) mass is 828 g/mol. The van der Waals surface area contributed by atoms with Gasteiger partial charge in [-0.2, -0.15) is 0 Å². The Hall–Kier alpha value is -8.88. The normalized spacial score (nSPS) is 12.4. The van der Waals surface area contributed by atoms with Crippen LogP contribution in [0.2, 0.25) is 0 Å². The molecule has 8 heteroatoms. The van der Waals surface area contributed by atoms with E-state index in [-0.39, 0.29) is 23.0 Å². The number of benzene rings is 10. The van der Waals surface area contributed by atoms with E-state index >= 15 is 0 Å². The Kier molecular flexibility index (Phi) is 9.25. The van der Waals surface area contributed by atoms with Crippen LogP contribution in [0.15, 0.2) is 190 Å². The van der Waals surface area contributed by atoms with Gasteiger partial charge in [-0.15, -0.1) is 0 Å². The molecule has 0 aromatic heterocycles. The highest BCUT2D eigenvalue weighted by Gasteiger charge is 2.23. The molecule has 0 aliphatic carbocycles. The summed E-state index contributed by atoms with van der Waals surface area (Å²) < 4.78 is 0. The maximum Gasteiger partial charge on any atom is 0.132 e. The third-order valence-corrected chi connectivity index (χ3v) is 11.8. The molecule has 11 rings (SSSR count). The summed E-state index contributed by atoms with van der Waals surface area (Å²) in [7, 11) is 0. The van der Waals surface area contributed by atoms with E-state index in [1.807, 2.05) is 170 Å². The van der Waals surface area contributed by atoms with E-state index in [4.69, 9.17) is 20.0 Å². The SMILES string of the molecule is Oc1c2cc3ccccc3c1-c1c(O)c(cc3ccccc13)C=Nc1ccccc1N=Cc1cc3ccccc3c(c1O)-c1c(O)c(cc3ccccc13)C=Nc1ccccc1N=C2. The summed E-state index contributed by atoms with van der Waals surface area (Å²) in [5, 5.41) is 55.5. The van der Waals surface area contributed by atoms with Gasteiger partial charge in [-0.25, -0.2) is 0 Å². The number of hydrogen-bond donors (Lipinski definition) is 4. The van der Waals surface area contributed by atoms with Crippen LogP contribution in [0, 0.1) is 0 Å². The highest BCUT2D eigenvalue weighted by molar-refractivity contribution is 6.16. The molecule has 8 bridgehead atoms. The molecule has 304 valence electrons. The minimum Gasteiger partial charge on any atom is -0.507 e. The van der Waals surface area contributed by atoms with Crippen molar-refractivity contribution in [1.82, 2.24) is 0 Å². The van der Waals surface area contributed by atoms with Crippen LogP contribution in [0.5, 0.6) is 23.0 Å².